The predicted molar refractivity (Wildman–Crippen MR) is 96.7 cm³/mol. The zero-order valence-corrected chi connectivity index (χ0v) is 14.7. The van der Waals surface area contributed by atoms with E-state index in [0.29, 0.717) is 17.9 Å². The van der Waals surface area contributed by atoms with Gasteiger partial charge in [0.1, 0.15) is 0 Å². The Morgan fingerprint density at radius 2 is 1.62 bits per heavy atom. The number of likely N-dealkylation sites (N-methyl/N-ethyl adjacent to an activating group) is 1. The van der Waals surface area contributed by atoms with Crippen LogP contribution in [0.15, 0.2) is 42.5 Å². The van der Waals surface area contributed by atoms with Gasteiger partial charge in [0.2, 0.25) is 11.8 Å². The van der Waals surface area contributed by atoms with Crippen molar-refractivity contribution in [2.45, 2.75) is 20.4 Å². The molecule has 7 heteroatoms. The van der Waals surface area contributed by atoms with Gasteiger partial charge in [-0.25, -0.2) is 8.78 Å². The van der Waals surface area contributed by atoms with Crippen LogP contribution in [-0.4, -0.2) is 29.8 Å². The lowest BCUT2D eigenvalue weighted by atomic mass is 10.2. The Hall–Kier alpha value is -2.80. The highest BCUT2D eigenvalue weighted by Crippen LogP contribution is 2.15. The van der Waals surface area contributed by atoms with Crippen molar-refractivity contribution < 1.29 is 18.4 Å². The van der Waals surface area contributed by atoms with Crippen molar-refractivity contribution in [2.75, 3.05) is 23.7 Å². The first kappa shape index (κ1) is 19.5. The van der Waals surface area contributed by atoms with Crippen molar-refractivity contribution >= 4 is 23.2 Å². The standard InChI is InChI=1S/C19H21F2N3O2/c1-3-24(11-14-5-4-6-17(20)19(14)21)12-18(26)23-16-9-7-15(8-10-16)22-13(2)25/h4-10H,3,11-12H2,1-2H3,(H,22,25)(H,23,26). The number of hydrogen-bond donors (Lipinski definition) is 2. The SMILES string of the molecule is CCN(CC(=O)Nc1ccc(NC(C)=O)cc1)Cc1cccc(F)c1F. The van der Waals surface area contributed by atoms with E-state index in [1.807, 2.05) is 6.92 Å². The van der Waals surface area contributed by atoms with Crippen LogP contribution in [0.5, 0.6) is 0 Å². The van der Waals surface area contributed by atoms with Crippen molar-refractivity contribution in [3.63, 3.8) is 0 Å². The van der Waals surface area contributed by atoms with Crippen LogP contribution in [0.2, 0.25) is 0 Å². The van der Waals surface area contributed by atoms with Crippen molar-refractivity contribution in [3.8, 4) is 0 Å². The van der Waals surface area contributed by atoms with Crippen molar-refractivity contribution in [1.29, 1.82) is 0 Å². The zero-order valence-electron chi connectivity index (χ0n) is 14.7. The summed E-state index contributed by atoms with van der Waals surface area (Å²) in [6, 6.07) is 10.7. The molecule has 0 heterocycles. The Balaban J connectivity index is 1.94. The monoisotopic (exact) mass is 361 g/mol. The van der Waals surface area contributed by atoms with Crippen molar-refractivity contribution in [3.05, 3.63) is 59.7 Å². The fourth-order valence-electron chi connectivity index (χ4n) is 2.43. The first-order chi connectivity index (χ1) is 12.4. The summed E-state index contributed by atoms with van der Waals surface area (Å²) in [5.41, 5.74) is 1.42. The molecule has 0 aliphatic heterocycles. The number of carbonyl (C=O) groups is 2. The molecule has 0 radical (unpaired) electrons. The van der Waals surface area contributed by atoms with E-state index in [-0.39, 0.29) is 30.5 Å². The first-order valence-corrected chi connectivity index (χ1v) is 8.21. The average Bonchev–Trinajstić information content (AvgIpc) is 2.59. The maximum atomic E-state index is 13.8. The number of anilines is 2. The van der Waals surface area contributed by atoms with Gasteiger partial charge in [0.25, 0.3) is 0 Å². The highest BCUT2D eigenvalue weighted by atomic mass is 19.2. The molecule has 0 aromatic heterocycles. The molecule has 0 unspecified atom stereocenters. The molecule has 0 aliphatic rings. The topological polar surface area (TPSA) is 61.4 Å². The molecular weight excluding hydrogens is 340 g/mol. The number of amides is 2. The van der Waals surface area contributed by atoms with Gasteiger partial charge in [-0.1, -0.05) is 19.1 Å². The normalized spacial score (nSPS) is 10.7. The summed E-state index contributed by atoms with van der Waals surface area (Å²) in [5, 5.41) is 5.38. The molecule has 2 rings (SSSR count). The van der Waals surface area contributed by atoms with Gasteiger partial charge >= 0.3 is 0 Å². The fourth-order valence-corrected chi connectivity index (χ4v) is 2.43. The van der Waals surface area contributed by atoms with Crippen LogP contribution in [0.3, 0.4) is 0 Å². The van der Waals surface area contributed by atoms with Crippen LogP contribution in [0, 0.1) is 11.6 Å². The molecule has 26 heavy (non-hydrogen) atoms. The van der Waals surface area contributed by atoms with Gasteiger partial charge < -0.3 is 10.6 Å². The number of nitrogens with one attached hydrogen (secondary N) is 2. The second-order valence-electron chi connectivity index (χ2n) is 5.82. The number of nitrogens with zero attached hydrogens (tertiary/aromatic N) is 1. The summed E-state index contributed by atoms with van der Waals surface area (Å²) in [6.45, 7) is 3.93. The van der Waals surface area contributed by atoms with Crippen LogP contribution in [0.25, 0.3) is 0 Å². The Kier molecular flexibility index (Phi) is 6.80. The minimum Gasteiger partial charge on any atom is -0.326 e. The minimum atomic E-state index is -0.901. The lowest BCUT2D eigenvalue weighted by molar-refractivity contribution is -0.117. The zero-order chi connectivity index (χ0) is 19.1. The summed E-state index contributed by atoms with van der Waals surface area (Å²) < 4.78 is 27.1. The van der Waals surface area contributed by atoms with E-state index in [1.165, 1.54) is 19.1 Å². The molecule has 0 bridgehead atoms. The van der Waals surface area contributed by atoms with Crippen molar-refractivity contribution in [1.82, 2.24) is 4.90 Å². The smallest absolute Gasteiger partial charge is 0.238 e. The predicted octanol–water partition coefficient (Wildman–Crippen LogP) is 3.38. The number of carbonyl (C=O) groups excluding carboxylic acids is 2. The molecule has 2 aromatic carbocycles. The largest absolute Gasteiger partial charge is 0.326 e. The highest BCUT2D eigenvalue weighted by molar-refractivity contribution is 5.93. The number of halogens is 2. The molecule has 0 saturated heterocycles. The highest BCUT2D eigenvalue weighted by Gasteiger charge is 2.14. The molecule has 5 nitrogen and oxygen atoms in total. The first-order valence-electron chi connectivity index (χ1n) is 8.21. The van der Waals surface area contributed by atoms with Gasteiger partial charge in [0.15, 0.2) is 11.6 Å². The lowest BCUT2D eigenvalue weighted by Crippen LogP contribution is -2.33. The van der Waals surface area contributed by atoms with Crippen LogP contribution >= 0.6 is 0 Å². The van der Waals surface area contributed by atoms with E-state index in [1.54, 1.807) is 29.2 Å². The van der Waals surface area contributed by atoms with Crippen LogP contribution < -0.4 is 10.6 Å². The Bertz CT molecular complexity index is 779. The number of hydrogen-bond acceptors (Lipinski definition) is 3. The number of rotatable bonds is 7. The lowest BCUT2D eigenvalue weighted by Gasteiger charge is -2.20. The Labute approximate surface area is 151 Å². The summed E-state index contributed by atoms with van der Waals surface area (Å²) in [4.78, 5) is 24.9. The van der Waals surface area contributed by atoms with E-state index in [9.17, 15) is 18.4 Å². The summed E-state index contributed by atoms with van der Waals surface area (Å²) in [5.74, 6) is -2.23. The van der Waals surface area contributed by atoms with Gasteiger partial charge in [-0.15, -0.1) is 0 Å². The Morgan fingerprint density at radius 3 is 2.19 bits per heavy atom. The Morgan fingerprint density at radius 1 is 1.00 bits per heavy atom. The van der Waals surface area contributed by atoms with E-state index in [0.717, 1.165) is 6.07 Å². The number of benzene rings is 2. The molecular formula is C19H21F2N3O2. The molecule has 138 valence electrons. The van der Waals surface area contributed by atoms with Gasteiger partial charge in [0, 0.05) is 30.4 Å². The van der Waals surface area contributed by atoms with Gasteiger partial charge in [0.05, 0.1) is 6.54 Å². The maximum absolute atomic E-state index is 13.8. The third-order valence-corrected chi connectivity index (χ3v) is 3.73. The van der Waals surface area contributed by atoms with E-state index < -0.39 is 11.6 Å². The minimum absolute atomic E-state index is 0.0416. The molecule has 2 aromatic rings. The maximum Gasteiger partial charge on any atom is 0.238 e. The van der Waals surface area contributed by atoms with Gasteiger partial charge in [-0.3, -0.25) is 14.5 Å². The fraction of sp³-hybridized carbons (Fsp3) is 0.263. The summed E-state index contributed by atoms with van der Waals surface area (Å²) in [7, 11) is 0. The van der Waals surface area contributed by atoms with E-state index in [4.69, 9.17) is 0 Å². The molecule has 0 fully saturated rings. The van der Waals surface area contributed by atoms with Crippen molar-refractivity contribution in [2.24, 2.45) is 0 Å². The molecule has 2 N–H and O–H groups in total. The van der Waals surface area contributed by atoms with Crippen LogP contribution in [-0.2, 0) is 16.1 Å². The molecule has 0 atom stereocenters. The summed E-state index contributed by atoms with van der Waals surface area (Å²) >= 11 is 0. The van der Waals surface area contributed by atoms with Crippen LogP contribution in [0.1, 0.15) is 19.4 Å². The third kappa shape index (κ3) is 5.63. The van der Waals surface area contributed by atoms with E-state index in [2.05, 4.69) is 10.6 Å². The second-order valence-corrected chi connectivity index (χ2v) is 5.82. The van der Waals surface area contributed by atoms with Gasteiger partial charge in [-0.05, 0) is 36.9 Å². The molecule has 0 spiro atoms. The van der Waals surface area contributed by atoms with Crippen LogP contribution in [0.4, 0.5) is 20.2 Å². The van der Waals surface area contributed by atoms with Gasteiger partial charge in [-0.2, -0.15) is 0 Å². The molecule has 0 saturated carbocycles. The third-order valence-electron chi connectivity index (χ3n) is 3.73. The van der Waals surface area contributed by atoms with E-state index >= 15 is 0 Å². The molecule has 2 amide bonds. The average molecular weight is 361 g/mol. The summed E-state index contributed by atoms with van der Waals surface area (Å²) in [6.07, 6.45) is 0. The second kappa shape index (κ2) is 9.05. The quantitative estimate of drug-likeness (QED) is 0.795. The molecule has 0 aliphatic carbocycles.